The Hall–Kier alpha value is -1.61. The molecule has 0 bridgehead atoms. The number of hydrogen-bond acceptors (Lipinski definition) is 5. The summed E-state index contributed by atoms with van der Waals surface area (Å²) in [5.41, 5.74) is 5.78. The molecule has 0 aliphatic rings. The number of nitrogens with two attached hydrogens (primary N) is 1. The molecule has 0 fully saturated rings. The second-order valence-electron chi connectivity index (χ2n) is 3.28. The SMILES string of the molecule is COc1cccc(C(O)C(O)CN)c1C#N. The Kier molecular flexibility index (Phi) is 4.26. The summed E-state index contributed by atoms with van der Waals surface area (Å²) < 4.78 is 4.99. The molecule has 2 atom stereocenters. The van der Waals surface area contributed by atoms with Crippen molar-refractivity contribution in [2.45, 2.75) is 12.2 Å². The van der Waals surface area contributed by atoms with E-state index in [2.05, 4.69) is 0 Å². The van der Waals surface area contributed by atoms with E-state index in [4.69, 9.17) is 15.7 Å². The lowest BCUT2D eigenvalue weighted by Gasteiger charge is -2.18. The van der Waals surface area contributed by atoms with E-state index < -0.39 is 12.2 Å². The lowest BCUT2D eigenvalue weighted by Crippen LogP contribution is -2.27. The summed E-state index contributed by atoms with van der Waals surface area (Å²) in [6.45, 7) is -0.0801. The van der Waals surface area contributed by atoms with Crippen molar-refractivity contribution in [1.82, 2.24) is 0 Å². The molecule has 1 aromatic carbocycles. The van der Waals surface area contributed by atoms with Gasteiger partial charge in [0.2, 0.25) is 0 Å². The van der Waals surface area contributed by atoms with Gasteiger partial charge in [0.15, 0.2) is 0 Å². The van der Waals surface area contributed by atoms with Crippen molar-refractivity contribution in [3.05, 3.63) is 29.3 Å². The maximum atomic E-state index is 9.78. The zero-order valence-electron chi connectivity index (χ0n) is 8.92. The standard InChI is InChI=1S/C11H14N2O3/c1-16-10-4-2-3-7(8(10)5-12)11(15)9(14)6-13/h2-4,9,11,14-15H,6,13H2,1H3. The smallest absolute Gasteiger partial charge is 0.137 e. The van der Waals surface area contributed by atoms with Gasteiger partial charge >= 0.3 is 0 Å². The molecular weight excluding hydrogens is 208 g/mol. The molecule has 0 aromatic heterocycles. The van der Waals surface area contributed by atoms with E-state index in [-0.39, 0.29) is 12.1 Å². The van der Waals surface area contributed by atoms with Crippen molar-refractivity contribution < 1.29 is 14.9 Å². The minimum Gasteiger partial charge on any atom is -0.495 e. The van der Waals surface area contributed by atoms with Crippen molar-refractivity contribution in [3.63, 3.8) is 0 Å². The fourth-order valence-electron chi connectivity index (χ4n) is 1.42. The minimum atomic E-state index is -1.19. The Bertz CT molecular complexity index is 401. The number of methoxy groups -OCH3 is 1. The van der Waals surface area contributed by atoms with Crippen molar-refractivity contribution in [2.24, 2.45) is 5.73 Å². The Morgan fingerprint density at radius 2 is 2.19 bits per heavy atom. The first-order chi connectivity index (χ1) is 7.65. The van der Waals surface area contributed by atoms with Crippen LogP contribution in [-0.2, 0) is 0 Å². The van der Waals surface area contributed by atoms with E-state index in [0.29, 0.717) is 11.3 Å². The Morgan fingerprint density at radius 1 is 1.50 bits per heavy atom. The van der Waals surface area contributed by atoms with Gasteiger partial charge < -0.3 is 20.7 Å². The Morgan fingerprint density at radius 3 is 2.69 bits per heavy atom. The molecule has 0 saturated carbocycles. The van der Waals surface area contributed by atoms with Crippen molar-refractivity contribution >= 4 is 0 Å². The maximum absolute atomic E-state index is 9.78. The van der Waals surface area contributed by atoms with E-state index in [1.165, 1.54) is 7.11 Å². The average Bonchev–Trinajstić information content (AvgIpc) is 2.35. The van der Waals surface area contributed by atoms with Crippen LogP contribution in [0.2, 0.25) is 0 Å². The molecule has 0 aliphatic carbocycles. The number of nitriles is 1. The molecule has 5 nitrogen and oxygen atoms in total. The number of ether oxygens (including phenoxy) is 1. The molecule has 4 N–H and O–H groups in total. The van der Waals surface area contributed by atoms with Gasteiger partial charge in [0.1, 0.15) is 17.9 Å². The minimum absolute atomic E-state index is 0.0801. The molecule has 86 valence electrons. The molecule has 1 rings (SSSR count). The number of benzene rings is 1. The van der Waals surface area contributed by atoms with Gasteiger partial charge in [0, 0.05) is 12.1 Å². The van der Waals surface area contributed by atoms with Gasteiger partial charge in [0.25, 0.3) is 0 Å². The Labute approximate surface area is 93.7 Å². The lowest BCUT2D eigenvalue weighted by molar-refractivity contribution is 0.0240. The highest BCUT2D eigenvalue weighted by Crippen LogP contribution is 2.27. The summed E-state index contributed by atoms with van der Waals surface area (Å²) in [6, 6.07) is 6.75. The predicted octanol–water partition coefficient (Wildman–Crippen LogP) is -0.0801. The second-order valence-corrected chi connectivity index (χ2v) is 3.28. The number of aliphatic hydroxyl groups is 2. The van der Waals surface area contributed by atoms with Crippen LogP contribution in [0.1, 0.15) is 17.2 Å². The maximum Gasteiger partial charge on any atom is 0.137 e. The van der Waals surface area contributed by atoms with Crippen LogP contribution < -0.4 is 10.5 Å². The monoisotopic (exact) mass is 222 g/mol. The van der Waals surface area contributed by atoms with Crippen LogP contribution in [0.4, 0.5) is 0 Å². The molecule has 0 amide bonds. The third-order valence-electron chi connectivity index (χ3n) is 2.31. The summed E-state index contributed by atoms with van der Waals surface area (Å²) in [5, 5.41) is 28.2. The highest BCUT2D eigenvalue weighted by molar-refractivity contribution is 5.49. The lowest BCUT2D eigenvalue weighted by atomic mass is 9.98. The van der Waals surface area contributed by atoms with Crippen LogP contribution in [-0.4, -0.2) is 30.0 Å². The van der Waals surface area contributed by atoms with E-state index in [0.717, 1.165) is 0 Å². The van der Waals surface area contributed by atoms with Crippen molar-refractivity contribution in [3.8, 4) is 11.8 Å². The zero-order chi connectivity index (χ0) is 12.1. The van der Waals surface area contributed by atoms with Crippen molar-refractivity contribution in [2.75, 3.05) is 13.7 Å². The van der Waals surface area contributed by atoms with E-state index in [1.54, 1.807) is 18.2 Å². The summed E-state index contributed by atoms with van der Waals surface area (Å²) >= 11 is 0. The molecule has 0 aliphatic heterocycles. The fourth-order valence-corrected chi connectivity index (χ4v) is 1.42. The van der Waals surface area contributed by atoms with E-state index in [9.17, 15) is 10.2 Å². The number of nitrogens with zero attached hydrogens (tertiary/aromatic N) is 1. The Balaban J connectivity index is 3.19. The third-order valence-corrected chi connectivity index (χ3v) is 2.31. The van der Waals surface area contributed by atoms with Gasteiger partial charge in [-0.2, -0.15) is 5.26 Å². The van der Waals surface area contributed by atoms with E-state index in [1.807, 2.05) is 6.07 Å². The van der Waals surface area contributed by atoms with Gasteiger partial charge in [-0.1, -0.05) is 12.1 Å². The van der Waals surface area contributed by atoms with Gasteiger partial charge in [-0.15, -0.1) is 0 Å². The number of aliphatic hydroxyl groups excluding tert-OH is 2. The van der Waals surface area contributed by atoms with Crippen LogP contribution in [0.3, 0.4) is 0 Å². The van der Waals surface area contributed by atoms with Gasteiger partial charge in [-0.05, 0) is 6.07 Å². The topological polar surface area (TPSA) is 99.5 Å². The molecule has 0 heterocycles. The van der Waals surface area contributed by atoms with Crippen molar-refractivity contribution in [1.29, 1.82) is 5.26 Å². The van der Waals surface area contributed by atoms with Gasteiger partial charge in [0.05, 0.1) is 18.8 Å². The number of rotatable bonds is 4. The molecule has 16 heavy (non-hydrogen) atoms. The first-order valence-electron chi connectivity index (χ1n) is 4.78. The van der Waals surface area contributed by atoms with Crippen LogP contribution in [0.5, 0.6) is 5.75 Å². The predicted molar refractivity (Wildman–Crippen MR) is 57.7 cm³/mol. The molecule has 0 spiro atoms. The molecule has 2 unspecified atom stereocenters. The third kappa shape index (κ3) is 2.31. The molecular formula is C11H14N2O3. The normalized spacial score (nSPS) is 13.9. The number of hydrogen-bond donors (Lipinski definition) is 3. The summed E-state index contributed by atoms with van der Waals surface area (Å²) in [7, 11) is 1.44. The largest absolute Gasteiger partial charge is 0.495 e. The summed E-state index contributed by atoms with van der Waals surface area (Å²) in [4.78, 5) is 0. The molecule has 0 radical (unpaired) electrons. The summed E-state index contributed by atoms with van der Waals surface area (Å²) in [5.74, 6) is 0.364. The molecule has 1 aromatic rings. The van der Waals surface area contributed by atoms with E-state index >= 15 is 0 Å². The first-order valence-corrected chi connectivity index (χ1v) is 4.78. The first kappa shape index (κ1) is 12.5. The van der Waals surface area contributed by atoms with Gasteiger partial charge in [-0.25, -0.2) is 0 Å². The quantitative estimate of drug-likeness (QED) is 0.661. The second kappa shape index (κ2) is 5.47. The van der Waals surface area contributed by atoms with Crippen LogP contribution in [0.15, 0.2) is 18.2 Å². The molecule has 5 heteroatoms. The summed E-state index contributed by atoms with van der Waals surface area (Å²) in [6.07, 6.45) is -2.28. The van der Waals surface area contributed by atoms with Crippen LogP contribution in [0.25, 0.3) is 0 Å². The zero-order valence-corrected chi connectivity index (χ0v) is 8.92. The molecule has 0 saturated heterocycles. The average molecular weight is 222 g/mol. The van der Waals surface area contributed by atoms with Gasteiger partial charge in [-0.3, -0.25) is 0 Å². The highest BCUT2D eigenvalue weighted by atomic mass is 16.5. The van der Waals surface area contributed by atoms with Crippen LogP contribution >= 0.6 is 0 Å². The van der Waals surface area contributed by atoms with Crippen LogP contribution in [0, 0.1) is 11.3 Å². The highest BCUT2D eigenvalue weighted by Gasteiger charge is 2.21. The fraction of sp³-hybridized carbons (Fsp3) is 0.364.